The predicted octanol–water partition coefficient (Wildman–Crippen LogP) is 4.18. The minimum absolute atomic E-state index is 0.193. The van der Waals surface area contributed by atoms with Crippen molar-refractivity contribution in [3.63, 3.8) is 0 Å². The van der Waals surface area contributed by atoms with Gasteiger partial charge in [0.25, 0.3) is 0 Å². The average Bonchev–Trinajstić information content (AvgIpc) is 2.54. The van der Waals surface area contributed by atoms with Gasteiger partial charge in [0.15, 0.2) is 0 Å². The first-order chi connectivity index (χ1) is 9.99. The molecule has 2 unspecified atom stereocenters. The Balaban J connectivity index is 1.97. The molecule has 2 rings (SSSR count). The molecule has 0 radical (unpaired) electrons. The van der Waals surface area contributed by atoms with E-state index in [-0.39, 0.29) is 12.1 Å². The quantitative estimate of drug-likeness (QED) is 0.879. The van der Waals surface area contributed by atoms with Crippen molar-refractivity contribution < 1.29 is 5.11 Å². The van der Waals surface area contributed by atoms with Gasteiger partial charge in [-0.05, 0) is 55.8 Å². The summed E-state index contributed by atoms with van der Waals surface area (Å²) in [6.07, 6.45) is 4.41. The number of rotatable bonds is 5. The number of hydrogen-bond acceptors (Lipinski definition) is 2. The van der Waals surface area contributed by atoms with Gasteiger partial charge in [-0.3, -0.25) is 4.90 Å². The van der Waals surface area contributed by atoms with E-state index in [9.17, 15) is 5.11 Å². The van der Waals surface area contributed by atoms with Gasteiger partial charge in [0.1, 0.15) is 0 Å². The Morgan fingerprint density at radius 1 is 1.14 bits per heavy atom. The molecule has 0 saturated carbocycles. The lowest BCUT2D eigenvalue weighted by atomic mass is 9.78. The van der Waals surface area contributed by atoms with Crippen LogP contribution in [0.4, 0.5) is 0 Å². The van der Waals surface area contributed by atoms with Crippen LogP contribution in [0.15, 0.2) is 24.3 Å². The van der Waals surface area contributed by atoms with Gasteiger partial charge in [-0.2, -0.15) is 0 Å². The molecule has 118 valence electrons. The highest BCUT2D eigenvalue weighted by Crippen LogP contribution is 2.35. The van der Waals surface area contributed by atoms with E-state index >= 15 is 0 Å². The molecule has 21 heavy (non-hydrogen) atoms. The largest absolute Gasteiger partial charge is 0.387 e. The molecule has 0 amide bonds. The molecule has 1 fully saturated rings. The summed E-state index contributed by atoms with van der Waals surface area (Å²) >= 11 is 0. The molecule has 1 aliphatic rings. The van der Waals surface area contributed by atoms with Gasteiger partial charge in [-0.15, -0.1) is 0 Å². The lowest BCUT2D eigenvalue weighted by molar-refractivity contribution is 0.0183. The van der Waals surface area contributed by atoms with Crippen LogP contribution >= 0.6 is 0 Å². The second-order valence-electron chi connectivity index (χ2n) is 6.98. The molecular weight excluding hydrogens is 258 g/mol. The molecule has 1 aromatic carbocycles. The van der Waals surface area contributed by atoms with E-state index in [1.54, 1.807) is 0 Å². The smallest absolute Gasteiger partial charge is 0.0942 e. The Hall–Kier alpha value is -0.860. The van der Waals surface area contributed by atoms with E-state index in [1.807, 2.05) is 0 Å². The van der Waals surface area contributed by atoms with Crippen LogP contribution in [0.5, 0.6) is 0 Å². The Morgan fingerprint density at radius 2 is 1.71 bits per heavy atom. The summed E-state index contributed by atoms with van der Waals surface area (Å²) in [5, 5.41) is 10.7. The fraction of sp³-hybridized carbons (Fsp3) is 0.684. The summed E-state index contributed by atoms with van der Waals surface area (Å²) in [5.74, 6) is 0. The highest BCUT2D eigenvalue weighted by molar-refractivity contribution is 5.25. The molecule has 1 heterocycles. The fourth-order valence-electron chi connectivity index (χ4n) is 3.25. The SMILES string of the molecule is CCc1ccc(C(O)C(C)N2CCC(C)(CC)CC2)cc1. The number of hydrogen-bond donors (Lipinski definition) is 1. The average molecular weight is 289 g/mol. The van der Waals surface area contributed by atoms with Gasteiger partial charge in [0.2, 0.25) is 0 Å². The highest BCUT2D eigenvalue weighted by atomic mass is 16.3. The maximum atomic E-state index is 10.7. The summed E-state index contributed by atoms with van der Waals surface area (Å²) < 4.78 is 0. The number of aliphatic hydroxyl groups excluding tert-OH is 1. The predicted molar refractivity (Wildman–Crippen MR) is 89.4 cm³/mol. The van der Waals surface area contributed by atoms with E-state index in [1.165, 1.54) is 24.8 Å². The Kier molecular flexibility index (Phi) is 5.45. The standard InChI is InChI=1S/C19H31NO/c1-5-16-7-9-17(10-8-16)18(21)15(3)20-13-11-19(4,6-2)12-14-20/h7-10,15,18,21H,5-6,11-14H2,1-4H3. The zero-order valence-corrected chi connectivity index (χ0v) is 14.1. The first-order valence-electron chi connectivity index (χ1n) is 8.50. The van der Waals surface area contributed by atoms with Gasteiger partial charge >= 0.3 is 0 Å². The molecule has 2 atom stereocenters. The fourth-order valence-corrected chi connectivity index (χ4v) is 3.25. The van der Waals surface area contributed by atoms with Crippen molar-refractivity contribution >= 4 is 0 Å². The van der Waals surface area contributed by atoms with Crippen LogP contribution in [-0.4, -0.2) is 29.1 Å². The summed E-state index contributed by atoms with van der Waals surface area (Å²) in [6.45, 7) is 11.2. The number of benzene rings is 1. The molecular formula is C19H31NO. The molecule has 1 saturated heterocycles. The first-order valence-corrected chi connectivity index (χ1v) is 8.50. The zero-order valence-electron chi connectivity index (χ0n) is 14.1. The van der Waals surface area contributed by atoms with Crippen LogP contribution in [0.2, 0.25) is 0 Å². The van der Waals surface area contributed by atoms with Crippen molar-refractivity contribution in [1.82, 2.24) is 4.90 Å². The Morgan fingerprint density at radius 3 is 2.19 bits per heavy atom. The van der Waals surface area contributed by atoms with Crippen molar-refractivity contribution in [2.75, 3.05) is 13.1 Å². The topological polar surface area (TPSA) is 23.5 Å². The van der Waals surface area contributed by atoms with Crippen LogP contribution in [0.3, 0.4) is 0 Å². The Labute approximate surface area is 130 Å². The monoisotopic (exact) mass is 289 g/mol. The number of aryl methyl sites for hydroxylation is 1. The van der Waals surface area contributed by atoms with Gasteiger partial charge in [-0.25, -0.2) is 0 Å². The van der Waals surface area contributed by atoms with Crippen LogP contribution in [0, 0.1) is 5.41 Å². The van der Waals surface area contributed by atoms with Crippen molar-refractivity contribution in [3.05, 3.63) is 35.4 Å². The third-order valence-corrected chi connectivity index (χ3v) is 5.62. The summed E-state index contributed by atoms with van der Waals surface area (Å²) in [5.41, 5.74) is 2.88. The second kappa shape index (κ2) is 6.93. The number of aliphatic hydroxyl groups is 1. The summed E-state index contributed by atoms with van der Waals surface area (Å²) in [4.78, 5) is 2.45. The van der Waals surface area contributed by atoms with Crippen LogP contribution in [0.1, 0.15) is 64.2 Å². The van der Waals surface area contributed by atoms with Crippen molar-refractivity contribution in [2.24, 2.45) is 5.41 Å². The van der Waals surface area contributed by atoms with Gasteiger partial charge in [0, 0.05) is 6.04 Å². The minimum Gasteiger partial charge on any atom is -0.387 e. The molecule has 1 aliphatic heterocycles. The molecule has 0 aliphatic carbocycles. The number of piperidine rings is 1. The molecule has 0 aromatic heterocycles. The molecule has 0 spiro atoms. The Bertz CT molecular complexity index is 431. The third-order valence-electron chi connectivity index (χ3n) is 5.62. The van der Waals surface area contributed by atoms with Gasteiger partial charge in [0.05, 0.1) is 6.10 Å². The van der Waals surface area contributed by atoms with E-state index in [0.717, 1.165) is 25.1 Å². The van der Waals surface area contributed by atoms with Gasteiger partial charge in [-0.1, -0.05) is 51.5 Å². The van der Waals surface area contributed by atoms with Crippen molar-refractivity contribution in [1.29, 1.82) is 0 Å². The lowest BCUT2D eigenvalue weighted by Crippen LogP contribution is -2.45. The normalized spacial score (nSPS) is 22.0. The third kappa shape index (κ3) is 3.87. The van der Waals surface area contributed by atoms with Crippen molar-refractivity contribution in [3.8, 4) is 0 Å². The van der Waals surface area contributed by atoms with E-state index in [0.29, 0.717) is 5.41 Å². The maximum absolute atomic E-state index is 10.7. The highest BCUT2D eigenvalue weighted by Gasteiger charge is 2.32. The van der Waals surface area contributed by atoms with Gasteiger partial charge < -0.3 is 5.11 Å². The minimum atomic E-state index is -0.387. The van der Waals surface area contributed by atoms with E-state index in [4.69, 9.17) is 0 Å². The molecule has 2 nitrogen and oxygen atoms in total. The lowest BCUT2D eigenvalue weighted by Gasteiger charge is -2.42. The van der Waals surface area contributed by atoms with E-state index < -0.39 is 0 Å². The summed E-state index contributed by atoms with van der Waals surface area (Å²) in [7, 11) is 0. The van der Waals surface area contributed by atoms with Crippen LogP contribution in [0.25, 0.3) is 0 Å². The molecule has 2 heteroatoms. The van der Waals surface area contributed by atoms with Crippen LogP contribution in [-0.2, 0) is 6.42 Å². The second-order valence-corrected chi connectivity index (χ2v) is 6.98. The summed E-state index contributed by atoms with van der Waals surface area (Å²) in [6, 6.07) is 8.63. The molecule has 0 bridgehead atoms. The number of nitrogens with zero attached hydrogens (tertiary/aromatic N) is 1. The first kappa shape index (κ1) is 16.5. The molecule has 1 aromatic rings. The van der Waals surface area contributed by atoms with Crippen molar-refractivity contribution in [2.45, 2.75) is 65.5 Å². The van der Waals surface area contributed by atoms with E-state index in [2.05, 4.69) is 56.9 Å². The number of likely N-dealkylation sites (tertiary alicyclic amines) is 1. The zero-order chi connectivity index (χ0) is 15.5. The maximum Gasteiger partial charge on any atom is 0.0942 e. The van der Waals surface area contributed by atoms with Crippen LogP contribution < -0.4 is 0 Å². The molecule has 1 N–H and O–H groups in total.